The van der Waals surface area contributed by atoms with Crippen molar-refractivity contribution in [3.8, 4) is 11.1 Å². The van der Waals surface area contributed by atoms with Crippen molar-refractivity contribution in [1.29, 1.82) is 0 Å². The third kappa shape index (κ3) is 3.20. The van der Waals surface area contributed by atoms with E-state index in [9.17, 15) is 18.4 Å². The second-order valence-corrected chi connectivity index (χ2v) is 7.20. The SMILES string of the molecule is Cc1nn2c(ncc3c(=O)n(NC(=O)c4ccc(F)cc4)ccc32)c1-c1ccc(F)cc1. The van der Waals surface area contributed by atoms with Crippen LogP contribution in [0, 0.1) is 18.6 Å². The summed E-state index contributed by atoms with van der Waals surface area (Å²) in [6.07, 6.45) is 2.84. The number of amides is 1. The van der Waals surface area contributed by atoms with Crippen LogP contribution in [0.2, 0.25) is 0 Å². The first kappa shape index (κ1) is 19.6. The predicted octanol–water partition coefficient (Wildman–Crippen LogP) is 3.68. The number of carbonyl (C=O) groups excluding carboxylic acids is 1. The molecule has 0 fully saturated rings. The Morgan fingerprint density at radius 1 is 0.969 bits per heavy atom. The zero-order chi connectivity index (χ0) is 22.4. The summed E-state index contributed by atoms with van der Waals surface area (Å²) in [6, 6.07) is 12.6. The smallest absolute Gasteiger partial charge is 0.267 e. The Morgan fingerprint density at radius 3 is 2.31 bits per heavy atom. The topological polar surface area (TPSA) is 81.3 Å². The number of pyridine rings is 1. The van der Waals surface area contributed by atoms with Crippen molar-refractivity contribution < 1.29 is 13.6 Å². The van der Waals surface area contributed by atoms with Crippen molar-refractivity contribution in [3.63, 3.8) is 0 Å². The highest BCUT2D eigenvalue weighted by Crippen LogP contribution is 2.28. The molecule has 1 amide bonds. The largest absolute Gasteiger partial charge is 0.280 e. The Kier molecular flexibility index (Phi) is 4.51. The first-order valence-corrected chi connectivity index (χ1v) is 9.65. The van der Waals surface area contributed by atoms with Crippen LogP contribution < -0.4 is 11.0 Å². The van der Waals surface area contributed by atoms with Crippen LogP contribution in [0.3, 0.4) is 0 Å². The van der Waals surface area contributed by atoms with Gasteiger partial charge in [-0.2, -0.15) is 5.10 Å². The molecule has 0 aliphatic rings. The summed E-state index contributed by atoms with van der Waals surface area (Å²) in [4.78, 5) is 29.8. The van der Waals surface area contributed by atoms with Crippen molar-refractivity contribution in [2.75, 3.05) is 5.43 Å². The van der Waals surface area contributed by atoms with E-state index in [2.05, 4.69) is 15.5 Å². The molecule has 0 bridgehead atoms. The second-order valence-electron chi connectivity index (χ2n) is 7.20. The first-order chi connectivity index (χ1) is 15.4. The van der Waals surface area contributed by atoms with Crippen LogP contribution in [0.1, 0.15) is 16.1 Å². The Labute approximate surface area is 179 Å². The molecule has 2 aromatic carbocycles. The minimum Gasteiger partial charge on any atom is -0.267 e. The van der Waals surface area contributed by atoms with E-state index in [1.165, 1.54) is 36.7 Å². The molecule has 0 atom stereocenters. The van der Waals surface area contributed by atoms with Crippen LogP contribution in [0.4, 0.5) is 8.78 Å². The zero-order valence-electron chi connectivity index (χ0n) is 16.7. The number of hydrogen-bond donors (Lipinski definition) is 1. The van der Waals surface area contributed by atoms with Gasteiger partial charge in [-0.15, -0.1) is 0 Å². The number of aryl methyl sites for hydroxylation is 1. The van der Waals surface area contributed by atoms with E-state index in [0.717, 1.165) is 27.9 Å². The molecule has 3 aromatic heterocycles. The van der Waals surface area contributed by atoms with Gasteiger partial charge in [0.15, 0.2) is 5.65 Å². The molecule has 0 aliphatic heterocycles. The number of halogens is 2. The molecular formula is C23H15F2N5O2. The molecule has 0 radical (unpaired) electrons. The summed E-state index contributed by atoms with van der Waals surface area (Å²) in [6.45, 7) is 1.81. The van der Waals surface area contributed by atoms with Crippen molar-refractivity contribution in [1.82, 2.24) is 19.3 Å². The molecular weight excluding hydrogens is 416 g/mol. The predicted molar refractivity (Wildman–Crippen MR) is 115 cm³/mol. The van der Waals surface area contributed by atoms with E-state index in [4.69, 9.17) is 0 Å². The third-order valence-electron chi connectivity index (χ3n) is 5.15. The minimum atomic E-state index is -0.561. The van der Waals surface area contributed by atoms with Gasteiger partial charge in [-0.1, -0.05) is 12.1 Å². The Balaban J connectivity index is 1.59. The van der Waals surface area contributed by atoms with Crippen molar-refractivity contribution in [2.45, 2.75) is 6.92 Å². The maximum atomic E-state index is 13.3. The highest BCUT2D eigenvalue weighted by Gasteiger charge is 2.17. The molecule has 0 saturated carbocycles. The van der Waals surface area contributed by atoms with E-state index in [1.807, 2.05) is 6.92 Å². The van der Waals surface area contributed by atoms with E-state index in [0.29, 0.717) is 16.9 Å². The van der Waals surface area contributed by atoms with Crippen LogP contribution in [0.5, 0.6) is 0 Å². The minimum absolute atomic E-state index is 0.207. The summed E-state index contributed by atoms with van der Waals surface area (Å²) in [5, 5.41) is 4.76. The van der Waals surface area contributed by atoms with Crippen LogP contribution in [-0.2, 0) is 0 Å². The van der Waals surface area contributed by atoms with E-state index in [-0.39, 0.29) is 16.8 Å². The lowest BCUT2D eigenvalue weighted by molar-refractivity contribution is 0.101. The molecule has 3 heterocycles. The van der Waals surface area contributed by atoms with Gasteiger partial charge in [0.2, 0.25) is 0 Å². The summed E-state index contributed by atoms with van der Waals surface area (Å²) >= 11 is 0. The maximum absolute atomic E-state index is 13.3. The number of benzene rings is 2. The zero-order valence-corrected chi connectivity index (χ0v) is 16.7. The van der Waals surface area contributed by atoms with E-state index >= 15 is 0 Å². The molecule has 9 heteroatoms. The molecule has 1 N–H and O–H groups in total. The molecule has 0 spiro atoms. The lowest BCUT2D eigenvalue weighted by atomic mass is 10.1. The number of nitrogens with zero attached hydrogens (tertiary/aromatic N) is 4. The Bertz CT molecular complexity index is 1550. The van der Waals surface area contributed by atoms with Gasteiger partial charge in [0, 0.05) is 23.5 Å². The molecule has 0 unspecified atom stereocenters. The van der Waals surface area contributed by atoms with Crippen molar-refractivity contribution in [3.05, 3.63) is 100 Å². The van der Waals surface area contributed by atoms with E-state index < -0.39 is 17.3 Å². The van der Waals surface area contributed by atoms with Gasteiger partial charge in [-0.05, 0) is 55.0 Å². The van der Waals surface area contributed by atoms with Gasteiger partial charge in [-0.25, -0.2) is 23.0 Å². The number of fused-ring (bicyclic) bond motifs is 3. The van der Waals surface area contributed by atoms with Crippen LogP contribution in [0.25, 0.3) is 27.7 Å². The molecule has 0 aliphatic carbocycles. The molecule has 5 aromatic rings. The van der Waals surface area contributed by atoms with Gasteiger partial charge in [0.05, 0.1) is 16.6 Å². The van der Waals surface area contributed by atoms with Crippen LogP contribution in [-0.4, -0.2) is 25.2 Å². The third-order valence-corrected chi connectivity index (χ3v) is 5.15. The van der Waals surface area contributed by atoms with Crippen molar-refractivity contribution >= 4 is 22.5 Å². The normalized spacial score (nSPS) is 11.2. The fourth-order valence-electron chi connectivity index (χ4n) is 3.59. The van der Waals surface area contributed by atoms with Gasteiger partial charge < -0.3 is 0 Å². The van der Waals surface area contributed by atoms with Crippen LogP contribution >= 0.6 is 0 Å². The summed E-state index contributed by atoms with van der Waals surface area (Å²) < 4.78 is 29.0. The molecule has 5 rings (SSSR count). The number of carbonyl (C=O) groups is 1. The van der Waals surface area contributed by atoms with Crippen molar-refractivity contribution in [2.24, 2.45) is 0 Å². The monoisotopic (exact) mass is 431 g/mol. The molecule has 0 saturated heterocycles. The number of hydrogen-bond acceptors (Lipinski definition) is 4. The summed E-state index contributed by atoms with van der Waals surface area (Å²) in [7, 11) is 0. The number of nitrogens with one attached hydrogen (secondary N) is 1. The standard InChI is InChI=1S/C23H15F2N5O2/c1-13-20(14-2-6-16(24)7-3-14)21-26-12-18-19(30(21)27-13)10-11-29(23(18)32)28-22(31)15-4-8-17(25)9-5-15/h2-12H,1H3,(H,28,31). The number of rotatable bonds is 3. The fourth-order valence-corrected chi connectivity index (χ4v) is 3.59. The maximum Gasteiger partial charge on any atom is 0.280 e. The highest BCUT2D eigenvalue weighted by atomic mass is 19.1. The lowest BCUT2D eigenvalue weighted by Gasteiger charge is -2.10. The fraction of sp³-hybridized carbons (Fsp3) is 0.0435. The summed E-state index contributed by atoms with van der Waals surface area (Å²) in [5.74, 6) is -1.37. The summed E-state index contributed by atoms with van der Waals surface area (Å²) in [5.41, 5.74) is 5.38. The Hall–Kier alpha value is -4.40. The van der Waals surface area contributed by atoms with Gasteiger partial charge in [0.25, 0.3) is 11.5 Å². The lowest BCUT2D eigenvalue weighted by Crippen LogP contribution is -2.33. The van der Waals surface area contributed by atoms with Crippen LogP contribution in [0.15, 0.2) is 71.8 Å². The van der Waals surface area contributed by atoms with Gasteiger partial charge >= 0.3 is 0 Å². The average molecular weight is 431 g/mol. The van der Waals surface area contributed by atoms with E-state index in [1.54, 1.807) is 22.7 Å². The first-order valence-electron chi connectivity index (χ1n) is 9.65. The molecule has 158 valence electrons. The van der Waals surface area contributed by atoms with Gasteiger partial charge in [0.1, 0.15) is 11.6 Å². The highest BCUT2D eigenvalue weighted by molar-refractivity contribution is 6.00. The Morgan fingerprint density at radius 2 is 1.62 bits per heavy atom. The average Bonchev–Trinajstić information content (AvgIpc) is 3.13. The molecule has 7 nitrogen and oxygen atoms in total. The molecule has 32 heavy (non-hydrogen) atoms. The van der Waals surface area contributed by atoms with Gasteiger partial charge in [-0.3, -0.25) is 15.0 Å². The second kappa shape index (κ2) is 7.38. The quantitative estimate of drug-likeness (QED) is 0.473. The number of aromatic nitrogens is 4.